The summed E-state index contributed by atoms with van der Waals surface area (Å²) >= 11 is 5.76. The van der Waals surface area contributed by atoms with E-state index in [0.29, 0.717) is 29.2 Å². The predicted octanol–water partition coefficient (Wildman–Crippen LogP) is 2.56. The Hall–Kier alpha value is -1.14. The molecule has 110 valence electrons. The van der Waals surface area contributed by atoms with Crippen molar-refractivity contribution in [3.63, 3.8) is 0 Å². The molecule has 1 atom stereocenters. The molecule has 0 fully saturated rings. The van der Waals surface area contributed by atoms with Crippen molar-refractivity contribution in [3.05, 3.63) is 29.8 Å². The summed E-state index contributed by atoms with van der Waals surface area (Å²) in [5.74, 6) is 0.654. The van der Waals surface area contributed by atoms with E-state index in [1.54, 1.807) is 17.6 Å². The minimum Gasteiger partial charge on any atom is -0.324 e. The molecular weight excluding hydrogens is 303 g/mol. The van der Waals surface area contributed by atoms with Gasteiger partial charge in [-0.25, -0.2) is 17.8 Å². The number of hydrogen-bond donors (Lipinski definition) is 0. The van der Waals surface area contributed by atoms with Crippen LogP contribution in [0, 0.1) is 5.82 Å². The Bertz CT molecular complexity index is 727. The van der Waals surface area contributed by atoms with E-state index in [2.05, 4.69) is 4.98 Å². The van der Waals surface area contributed by atoms with E-state index < -0.39 is 9.84 Å². The van der Waals surface area contributed by atoms with E-state index >= 15 is 0 Å². The van der Waals surface area contributed by atoms with Crippen LogP contribution in [-0.4, -0.2) is 35.9 Å². The smallest absolute Gasteiger partial charge is 0.149 e. The molecule has 0 aliphatic carbocycles. The Morgan fingerprint density at radius 1 is 1.45 bits per heavy atom. The Kier molecular flexibility index (Phi) is 4.34. The maximum absolute atomic E-state index is 13.4. The Morgan fingerprint density at radius 2 is 2.15 bits per heavy atom. The first-order chi connectivity index (χ1) is 9.31. The molecule has 2 aromatic rings. The fourth-order valence-electron chi connectivity index (χ4n) is 2.38. The third-order valence-corrected chi connectivity index (χ3v) is 4.30. The standard InChI is InChI=1S/C13H16ClFN2O2S/c1-9(8-20(2,18)19)17-12-7-10(15)3-4-11(12)16-13(17)5-6-14/h3-4,7,9H,5-6,8H2,1-2H3. The normalized spacial score (nSPS) is 13.8. The van der Waals surface area contributed by atoms with Gasteiger partial charge in [0.25, 0.3) is 0 Å². The molecule has 0 amide bonds. The van der Waals surface area contributed by atoms with Gasteiger partial charge in [0.15, 0.2) is 0 Å². The summed E-state index contributed by atoms with van der Waals surface area (Å²) in [6.07, 6.45) is 1.69. The molecule has 1 aromatic carbocycles. The van der Waals surface area contributed by atoms with Gasteiger partial charge in [-0.2, -0.15) is 0 Å². The van der Waals surface area contributed by atoms with E-state index in [0.717, 1.165) is 0 Å². The maximum Gasteiger partial charge on any atom is 0.149 e. The van der Waals surface area contributed by atoms with Crippen LogP contribution < -0.4 is 0 Å². The quantitative estimate of drug-likeness (QED) is 0.796. The van der Waals surface area contributed by atoms with Crippen molar-refractivity contribution >= 4 is 32.5 Å². The molecule has 1 unspecified atom stereocenters. The average Bonchev–Trinajstić information content (AvgIpc) is 2.64. The number of halogens is 2. The van der Waals surface area contributed by atoms with Crippen LogP contribution in [0.15, 0.2) is 18.2 Å². The largest absolute Gasteiger partial charge is 0.324 e. The lowest BCUT2D eigenvalue weighted by Gasteiger charge is -2.16. The fraction of sp³-hybridized carbons (Fsp3) is 0.462. The summed E-state index contributed by atoms with van der Waals surface area (Å²) in [4.78, 5) is 4.41. The van der Waals surface area contributed by atoms with Crippen molar-refractivity contribution in [2.24, 2.45) is 0 Å². The first-order valence-electron chi connectivity index (χ1n) is 6.22. The molecule has 2 rings (SSSR count). The lowest BCUT2D eigenvalue weighted by Crippen LogP contribution is -2.18. The average molecular weight is 319 g/mol. The summed E-state index contributed by atoms with van der Waals surface area (Å²) in [6, 6.07) is 3.98. The molecule has 1 heterocycles. The lowest BCUT2D eigenvalue weighted by molar-refractivity contribution is 0.556. The summed E-state index contributed by atoms with van der Waals surface area (Å²) in [5.41, 5.74) is 1.24. The molecule has 0 saturated carbocycles. The first-order valence-corrected chi connectivity index (χ1v) is 8.81. The fourth-order valence-corrected chi connectivity index (χ4v) is 3.58. The summed E-state index contributed by atoms with van der Waals surface area (Å²) in [6.45, 7) is 1.78. The molecule has 0 radical (unpaired) electrons. The second kappa shape index (κ2) is 5.69. The summed E-state index contributed by atoms with van der Waals surface area (Å²) < 4.78 is 38.1. The molecule has 4 nitrogen and oxygen atoms in total. The molecule has 0 N–H and O–H groups in total. The van der Waals surface area contributed by atoms with Gasteiger partial charge in [-0.1, -0.05) is 0 Å². The molecule has 7 heteroatoms. The van der Waals surface area contributed by atoms with E-state index in [1.165, 1.54) is 18.4 Å². The number of nitrogens with zero attached hydrogens (tertiary/aromatic N) is 2. The molecule has 0 spiro atoms. The minimum absolute atomic E-state index is 0.0236. The van der Waals surface area contributed by atoms with Gasteiger partial charge in [0.1, 0.15) is 21.5 Å². The predicted molar refractivity (Wildman–Crippen MR) is 78.5 cm³/mol. The summed E-state index contributed by atoms with van der Waals surface area (Å²) in [7, 11) is -3.14. The van der Waals surface area contributed by atoms with Crippen molar-refractivity contribution in [1.82, 2.24) is 9.55 Å². The number of aromatic nitrogens is 2. The molecule has 0 saturated heterocycles. The van der Waals surface area contributed by atoms with Crippen molar-refractivity contribution < 1.29 is 12.8 Å². The number of benzene rings is 1. The van der Waals surface area contributed by atoms with Crippen molar-refractivity contribution in [2.45, 2.75) is 19.4 Å². The minimum atomic E-state index is -3.14. The van der Waals surface area contributed by atoms with E-state index in [-0.39, 0.29) is 17.6 Å². The Morgan fingerprint density at radius 3 is 2.75 bits per heavy atom. The van der Waals surface area contributed by atoms with Gasteiger partial charge in [-0.05, 0) is 25.1 Å². The van der Waals surface area contributed by atoms with Crippen molar-refractivity contribution in [3.8, 4) is 0 Å². The number of imidazole rings is 1. The maximum atomic E-state index is 13.4. The molecule has 20 heavy (non-hydrogen) atoms. The Labute approximate surface area is 122 Å². The van der Waals surface area contributed by atoms with Crippen LogP contribution >= 0.6 is 11.6 Å². The molecule has 0 bridgehead atoms. The molecule has 0 aliphatic rings. The highest BCUT2D eigenvalue weighted by atomic mass is 35.5. The Balaban J connectivity index is 2.57. The van der Waals surface area contributed by atoms with Crippen LogP contribution in [0.2, 0.25) is 0 Å². The first kappa shape index (κ1) is 15.3. The summed E-state index contributed by atoms with van der Waals surface area (Å²) in [5, 5.41) is 0. The highest BCUT2D eigenvalue weighted by Gasteiger charge is 2.19. The van der Waals surface area contributed by atoms with Gasteiger partial charge >= 0.3 is 0 Å². The monoisotopic (exact) mass is 318 g/mol. The van der Waals surface area contributed by atoms with E-state index in [9.17, 15) is 12.8 Å². The number of aryl methyl sites for hydroxylation is 1. The van der Waals surface area contributed by atoms with Crippen LogP contribution in [0.5, 0.6) is 0 Å². The molecule has 0 aliphatic heterocycles. The van der Waals surface area contributed by atoms with Gasteiger partial charge in [-0.15, -0.1) is 11.6 Å². The van der Waals surface area contributed by atoms with Crippen molar-refractivity contribution in [1.29, 1.82) is 0 Å². The van der Waals surface area contributed by atoms with Crippen LogP contribution in [0.25, 0.3) is 11.0 Å². The van der Waals surface area contributed by atoms with Gasteiger partial charge in [0.05, 0.1) is 16.8 Å². The topological polar surface area (TPSA) is 52.0 Å². The van der Waals surface area contributed by atoms with Crippen LogP contribution in [0.3, 0.4) is 0 Å². The number of rotatable bonds is 5. The van der Waals surface area contributed by atoms with Gasteiger partial charge in [0.2, 0.25) is 0 Å². The van der Waals surface area contributed by atoms with Crippen molar-refractivity contribution in [2.75, 3.05) is 17.9 Å². The second-order valence-electron chi connectivity index (χ2n) is 4.91. The van der Waals surface area contributed by atoms with Crippen LogP contribution in [0.1, 0.15) is 18.8 Å². The van der Waals surface area contributed by atoms with Gasteiger partial charge < -0.3 is 4.57 Å². The van der Waals surface area contributed by atoms with E-state index in [1.807, 2.05) is 0 Å². The third-order valence-electron chi connectivity index (χ3n) is 3.03. The van der Waals surface area contributed by atoms with Crippen LogP contribution in [-0.2, 0) is 16.3 Å². The zero-order valence-corrected chi connectivity index (χ0v) is 12.9. The van der Waals surface area contributed by atoms with Crippen LogP contribution in [0.4, 0.5) is 4.39 Å². The zero-order valence-electron chi connectivity index (χ0n) is 11.3. The highest BCUT2D eigenvalue weighted by Crippen LogP contribution is 2.23. The van der Waals surface area contributed by atoms with Gasteiger partial charge in [-0.3, -0.25) is 0 Å². The number of fused-ring (bicyclic) bond motifs is 1. The molecular formula is C13H16ClFN2O2S. The zero-order chi connectivity index (χ0) is 14.9. The third kappa shape index (κ3) is 3.30. The number of sulfone groups is 1. The number of hydrogen-bond acceptors (Lipinski definition) is 3. The number of alkyl halides is 1. The SMILES string of the molecule is CC(CS(C)(=O)=O)n1c(CCCl)nc2ccc(F)cc21. The molecule has 1 aromatic heterocycles. The van der Waals surface area contributed by atoms with E-state index in [4.69, 9.17) is 11.6 Å². The lowest BCUT2D eigenvalue weighted by atomic mass is 10.3. The van der Waals surface area contributed by atoms with Gasteiger partial charge in [0, 0.05) is 24.6 Å². The highest BCUT2D eigenvalue weighted by molar-refractivity contribution is 7.90. The second-order valence-corrected chi connectivity index (χ2v) is 7.47.